The van der Waals surface area contributed by atoms with Gasteiger partial charge in [0.2, 0.25) is 0 Å². The Bertz CT molecular complexity index is 1470. The molecule has 1 aliphatic heterocycles. The molecule has 5 N–H and O–H groups in total. The second-order valence-corrected chi connectivity index (χ2v) is 9.57. The molecule has 0 spiro atoms. The molecular formula is C29H27F3N4O6. The quantitative estimate of drug-likeness (QED) is 0.326. The van der Waals surface area contributed by atoms with E-state index in [4.69, 9.17) is 20.4 Å². The monoisotopic (exact) mass is 584 g/mol. The number of nitrogens with one attached hydrogen (secondary N) is 2. The standard InChI is InChI=1S/C27H26N4O4.C2HF3O2/c28-14-17-3-8-21(9-4-17)29-26(33)19-5-1-18(2-6-19)15-31(22-10-11-22)27(34)20-7-12-23-24(13-20)35-16-25(32)30-23;3-2(4,5)1(6)7/h1-9,12-13,22H,10-11,14-16,28H2,(H,29,33)(H,30,32);(H,6,7). The van der Waals surface area contributed by atoms with Crippen molar-refractivity contribution in [3.8, 4) is 5.75 Å². The first-order chi connectivity index (χ1) is 19.9. The van der Waals surface area contributed by atoms with Gasteiger partial charge in [0, 0.05) is 35.9 Å². The van der Waals surface area contributed by atoms with Crippen molar-refractivity contribution < 1.29 is 42.2 Å². The van der Waals surface area contributed by atoms with Gasteiger partial charge in [-0.05, 0) is 66.4 Å². The zero-order valence-electron chi connectivity index (χ0n) is 22.1. The summed E-state index contributed by atoms with van der Waals surface area (Å²) in [4.78, 5) is 48.2. The summed E-state index contributed by atoms with van der Waals surface area (Å²) in [6, 6.07) is 20.0. The number of benzene rings is 3. The second-order valence-electron chi connectivity index (χ2n) is 9.57. The lowest BCUT2D eigenvalue weighted by atomic mass is 10.1. The van der Waals surface area contributed by atoms with E-state index in [0.29, 0.717) is 41.3 Å². The van der Waals surface area contributed by atoms with Crippen LogP contribution >= 0.6 is 0 Å². The van der Waals surface area contributed by atoms with Crippen LogP contribution in [0.25, 0.3) is 0 Å². The molecule has 0 saturated heterocycles. The number of hydrogen-bond donors (Lipinski definition) is 4. The number of ether oxygens (including phenoxy) is 1. The number of carbonyl (C=O) groups is 4. The Kier molecular flexibility index (Phi) is 9.11. The maximum absolute atomic E-state index is 13.3. The minimum atomic E-state index is -5.08. The van der Waals surface area contributed by atoms with Crippen molar-refractivity contribution in [2.75, 3.05) is 17.2 Å². The number of rotatable bonds is 7. The number of alkyl halides is 3. The summed E-state index contributed by atoms with van der Waals surface area (Å²) in [6.07, 6.45) is -3.15. The minimum absolute atomic E-state index is 0.0596. The van der Waals surface area contributed by atoms with Gasteiger partial charge in [0.1, 0.15) is 5.75 Å². The average Bonchev–Trinajstić information content (AvgIpc) is 3.81. The largest absolute Gasteiger partial charge is 0.490 e. The Balaban J connectivity index is 0.000000517. The highest BCUT2D eigenvalue weighted by atomic mass is 19.4. The van der Waals surface area contributed by atoms with Crippen LogP contribution < -0.4 is 21.1 Å². The number of nitrogens with zero attached hydrogens (tertiary/aromatic N) is 1. The normalized spacial score (nSPS) is 13.9. The first-order valence-corrected chi connectivity index (χ1v) is 12.8. The molecule has 0 radical (unpaired) electrons. The Morgan fingerprint density at radius 1 is 0.976 bits per heavy atom. The Hall–Kier alpha value is -4.91. The van der Waals surface area contributed by atoms with Gasteiger partial charge in [0.15, 0.2) is 6.61 Å². The first kappa shape index (κ1) is 30.1. The van der Waals surface area contributed by atoms with E-state index < -0.39 is 12.1 Å². The number of carbonyl (C=O) groups excluding carboxylic acids is 3. The van der Waals surface area contributed by atoms with Crippen LogP contribution in [0, 0.1) is 0 Å². The number of nitrogens with two attached hydrogens (primary N) is 1. The number of carboxylic acids is 1. The van der Waals surface area contributed by atoms with Crippen molar-refractivity contribution in [2.45, 2.75) is 38.1 Å². The van der Waals surface area contributed by atoms with Crippen molar-refractivity contribution in [3.63, 3.8) is 0 Å². The number of halogens is 3. The van der Waals surface area contributed by atoms with E-state index in [0.717, 1.165) is 24.0 Å². The number of hydrogen-bond acceptors (Lipinski definition) is 6. The van der Waals surface area contributed by atoms with E-state index >= 15 is 0 Å². The highest BCUT2D eigenvalue weighted by molar-refractivity contribution is 6.04. The number of carboxylic acid groups (broad SMARTS) is 1. The smallest absolute Gasteiger partial charge is 0.482 e. The Morgan fingerprint density at radius 3 is 2.14 bits per heavy atom. The van der Waals surface area contributed by atoms with Gasteiger partial charge in [-0.25, -0.2) is 4.79 Å². The van der Waals surface area contributed by atoms with Gasteiger partial charge in [-0.3, -0.25) is 14.4 Å². The third-order valence-corrected chi connectivity index (χ3v) is 6.37. The lowest BCUT2D eigenvalue weighted by molar-refractivity contribution is -0.192. The van der Waals surface area contributed by atoms with Crippen molar-refractivity contribution in [3.05, 3.63) is 89.0 Å². The van der Waals surface area contributed by atoms with Gasteiger partial charge in [-0.1, -0.05) is 24.3 Å². The fourth-order valence-corrected chi connectivity index (χ4v) is 4.01. The van der Waals surface area contributed by atoms with E-state index in [1.165, 1.54) is 0 Å². The number of fused-ring (bicyclic) bond motifs is 1. The maximum atomic E-state index is 13.3. The molecule has 0 unspecified atom stereocenters. The molecule has 220 valence electrons. The van der Waals surface area contributed by atoms with Crippen LogP contribution in [0.5, 0.6) is 5.75 Å². The lowest BCUT2D eigenvalue weighted by Crippen LogP contribution is -2.33. The molecule has 0 aromatic heterocycles. The molecule has 3 aromatic carbocycles. The summed E-state index contributed by atoms with van der Waals surface area (Å²) in [7, 11) is 0. The van der Waals surface area contributed by atoms with Crippen LogP contribution in [0.3, 0.4) is 0 Å². The van der Waals surface area contributed by atoms with E-state index in [1.807, 2.05) is 41.3 Å². The molecule has 5 rings (SSSR count). The van der Waals surface area contributed by atoms with Crippen LogP contribution in [0.1, 0.15) is 44.7 Å². The van der Waals surface area contributed by atoms with E-state index in [9.17, 15) is 27.6 Å². The zero-order chi connectivity index (χ0) is 30.4. The third-order valence-electron chi connectivity index (χ3n) is 6.37. The van der Waals surface area contributed by atoms with Gasteiger partial charge < -0.3 is 31.1 Å². The van der Waals surface area contributed by atoms with E-state index in [-0.39, 0.29) is 30.4 Å². The van der Waals surface area contributed by atoms with Gasteiger partial charge in [-0.2, -0.15) is 13.2 Å². The number of aliphatic carboxylic acids is 1. The highest BCUT2D eigenvalue weighted by Crippen LogP contribution is 2.33. The molecular weight excluding hydrogens is 557 g/mol. The van der Waals surface area contributed by atoms with Crippen LogP contribution in [0.15, 0.2) is 66.7 Å². The van der Waals surface area contributed by atoms with Crippen molar-refractivity contribution >= 4 is 35.1 Å². The topological polar surface area (TPSA) is 151 Å². The number of amides is 3. The van der Waals surface area contributed by atoms with Crippen molar-refractivity contribution in [1.82, 2.24) is 4.90 Å². The fourth-order valence-electron chi connectivity index (χ4n) is 4.01. The molecule has 3 amide bonds. The Labute approximate surface area is 238 Å². The number of anilines is 2. The van der Waals surface area contributed by atoms with Crippen molar-refractivity contribution in [2.24, 2.45) is 5.73 Å². The third kappa shape index (κ3) is 7.85. The summed E-state index contributed by atoms with van der Waals surface area (Å²) < 4.78 is 37.2. The van der Waals surface area contributed by atoms with Crippen LogP contribution in [-0.2, 0) is 22.7 Å². The molecule has 1 fully saturated rings. The first-order valence-electron chi connectivity index (χ1n) is 12.8. The van der Waals surface area contributed by atoms with Crippen molar-refractivity contribution in [1.29, 1.82) is 0 Å². The second kappa shape index (κ2) is 12.7. The fraction of sp³-hybridized carbons (Fsp3) is 0.241. The SMILES string of the molecule is NCc1ccc(NC(=O)c2ccc(CN(C(=O)c3ccc4c(c3)OCC(=O)N4)C3CC3)cc2)cc1.O=C(O)C(F)(F)F. The minimum Gasteiger partial charge on any atom is -0.482 e. The summed E-state index contributed by atoms with van der Waals surface area (Å²) in [5.74, 6) is -2.75. The zero-order valence-corrected chi connectivity index (χ0v) is 22.1. The molecule has 3 aromatic rings. The molecule has 13 heteroatoms. The predicted octanol–water partition coefficient (Wildman–Crippen LogP) is 4.17. The molecule has 2 aliphatic rings. The molecule has 1 aliphatic carbocycles. The molecule has 1 saturated carbocycles. The van der Waals surface area contributed by atoms with Crippen LogP contribution in [-0.4, -0.2) is 52.5 Å². The summed E-state index contributed by atoms with van der Waals surface area (Å²) >= 11 is 0. The molecule has 0 atom stereocenters. The van der Waals surface area contributed by atoms with Gasteiger partial charge in [0.25, 0.3) is 17.7 Å². The molecule has 10 nitrogen and oxygen atoms in total. The summed E-state index contributed by atoms with van der Waals surface area (Å²) in [6.45, 7) is 0.838. The summed E-state index contributed by atoms with van der Waals surface area (Å²) in [5, 5.41) is 12.7. The van der Waals surface area contributed by atoms with Gasteiger partial charge in [0.05, 0.1) is 5.69 Å². The van der Waals surface area contributed by atoms with E-state index in [1.54, 1.807) is 30.3 Å². The van der Waals surface area contributed by atoms with E-state index in [2.05, 4.69) is 10.6 Å². The molecule has 42 heavy (non-hydrogen) atoms. The van der Waals surface area contributed by atoms with Crippen LogP contribution in [0.2, 0.25) is 0 Å². The maximum Gasteiger partial charge on any atom is 0.490 e. The molecule has 1 heterocycles. The summed E-state index contributed by atoms with van der Waals surface area (Å²) in [5.41, 5.74) is 9.88. The van der Waals surface area contributed by atoms with Crippen LogP contribution in [0.4, 0.5) is 24.5 Å². The van der Waals surface area contributed by atoms with Gasteiger partial charge >= 0.3 is 12.1 Å². The lowest BCUT2D eigenvalue weighted by Gasteiger charge is -2.24. The van der Waals surface area contributed by atoms with Gasteiger partial charge in [-0.15, -0.1) is 0 Å². The predicted molar refractivity (Wildman–Crippen MR) is 146 cm³/mol. The Morgan fingerprint density at radius 2 is 1.57 bits per heavy atom. The highest BCUT2D eigenvalue weighted by Gasteiger charge is 2.38. The molecule has 0 bridgehead atoms. The average molecular weight is 585 g/mol.